The molecule has 0 bridgehead atoms. The van der Waals surface area contributed by atoms with Crippen molar-refractivity contribution in [3.63, 3.8) is 0 Å². The lowest BCUT2D eigenvalue weighted by Gasteiger charge is -2.44. The van der Waals surface area contributed by atoms with Gasteiger partial charge in [-0.2, -0.15) is 11.8 Å². The van der Waals surface area contributed by atoms with Crippen molar-refractivity contribution in [2.75, 3.05) is 45.7 Å². The minimum absolute atomic E-state index is 0.222. The maximum Gasteiger partial charge on any atom is 0.0344 e. The Hall–Kier alpha value is 0.230. The van der Waals surface area contributed by atoms with Gasteiger partial charge in [-0.3, -0.25) is 4.90 Å². The Morgan fingerprint density at radius 2 is 2.12 bits per heavy atom. The maximum absolute atomic E-state index is 6.12. The molecule has 1 saturated heterocycles. The first kappa shape index (κ1) is 15.3. The van der Waals surface area contributed by atoms with Crippen molar-refractivity contribution < 1.29 is 0 Å². The summed E-state index contributed by atoms with van der Waals surface area (Å²) in [4.78, 5) is 4.98. The fourth-order valence-corrected chi connectivity index (χ4v) is 3.54. The topological polar surface area (TPSA) is 32.5 Å². The van der Waals surface area contributed by atoms with E-state index in [0.717, 1.165) is 6.54 Å². The van der Waals surface area contributed by atoms with Crippen LogP contribution in [0.15, 0.2) is 0 Å². The van der Waals surface area contributed by atoms with Gasteiger partial charge in [-0.05, 0) is 59.6 Å². The van der Waals surface area contributed by atoms with Crippen LogP contribution in [-0.4, -0.2) is 67.1 Å². The molecule has 1 aliphatic rings. The van der Waals surface area contributed by atoms with Gasteiger partial charge in [0.2, 0.25) is 0 Å². The Balaban J connectivity index is 2.71. The molecule has 0 aromatic carbocycles. The van der Waals surface area contributed by atoms with Gasteiger partial charge in [0.1, 0.15) is 0 Å². The van der Waals surface area contributed by atoms with Crippen LogP contribution in [0, 0.1) is 0 Å². The van der Waals surface area contributed by atoms with Gasteiger partial charge >= 0.3 is 0 Å². The summed E-state index contributed by atoms with van der Waals surface area (Å²) in [5, 5.41) is 0. The molecular formula is C13H29N3S. The summed E-state index contributed by atoms with van der Waals surface area (Å²) < 4.78 is 0. The molecule has 17 heavy (non-hydrogen) atoms. The number of hydrogen-bond acceptors (Lipinski definition) is 4. The standard InChI is InChI=1S/C13H29N3S/c1-12(10-17-4)16(3)13(11-14)6-5-8-15(2)9-7-13/h12H,5-11,14H2,1-4H3. The molecule has 1 aliphatic heterocycles. The Kier molecular flexibility index (Phi) is 6.27. The Morgan fingerprint density at radius 3 is 2.71 bits per heavy atom. The van der Waals surface area contributed by atoms with E-state index in [1.807, 2.05) is 11.8 Å². The molecule has 2 N–H and O–H groups in total. The summed E-state index contributed by atoms with van der Waals surface area (Å²) in [7, 11) is 4.48. The van der Waals surface area contributed by atoms with Crippen LogP contribution < -0.4 is 5.73 Å². The first-order valence-corrected chi connectivity index (χ1v) is 8.05. The normalized spacial score (nSPS) is 29.3. The number of likely N-dealkylation sites (tertiary alicyclic amines) is 1. The summed E-state index contributed by atoms with van der Waals surface area (Å²) in [6.07, 6.45) is 5.89. The van der Waals surface area contributed by atoms with Crippen LogP contribution in [-0.2, 0) is 0 Å². The molecule has 0 amide bonds. The first-order chi connectivity index (χ1) is 8.05. The summed E-state index contributed by atoms with van der Waals surface area (Å²) >= 11 is 1.92. The highest BCUT2D eigenvalue weighted by atomic mass is 32.2. The zero-order valence-corrected chi connectivity index (χ0v) is 12.7. The van der Waals surface area contributed by atoms with Crippen molar-refractivity contribution in [1.29, 1.82) is 0 Å². The minimum Gasteiger partial charge on any atom is -0.329 e. The third-order valence-electron chi connectivity index (χ3n) is 4.34. The van der Waals surface area contributed by atoms with Gasteiger partial charge < -0.3 is 10.6 Å². The lowest BCUT2D eigenvalue weighted by molar-refractivity contribution is 0.0793. The van der Waals surface area contributed by atoms with Gasteiger partial charge in [-0.25, -0.2) is 0 Å². The van der Waals surface area contributed by atoms with E-state index < -0.39 is 0 Å². The molecule has 1 heterocycles. The van der Waals surface area contributed by atoms with Crippen molar-refractivity contribution in [2.45, 2.75) is 37.8 Å². The van der Waals surface area contributed by atoms with Gasteiger partial charge in [-0.15, -0.1) is 0 Å². The van der Waals surface area contributed by atoms with E-state index in [9.17, 15) is 0 Å². The zero-order valence-electron chi connectivity index (χ0n) is 11.9. The Labute approximate surface area is 111 Å². The van der Waals surface area contributed by atoms with E-state index in [0.29, 0.717) is 6.04 Å². The predicted octanol–water partition coefficient (Wildman–Crippen LogP) is 1.48. The molecule has 1 rings (SSSR count). The molecule has 2 unspecified atom stereocenters. The number of likely N-dealkylation sites (N-methyl/N-ethyl adjacent to an activating group) is 1. The van der Waals surface area contributed by atoms with Crippen LogP contribution in [0.1, 0.15) is 26.2 Å². The average Bonchev–Trinajstić information content (AvgIpc) is 2.51. The number of nitrogens with two attached hydrogens (primary N) is 1. The second-order valence-electron chi connectivity index (χ2n) is 5.50. The molecule has 3 nitrogen and oxygen atoms in total. The quantitative estimate of drug-likeness (QED) is 0.811. The average molecular weight is 259 g/mol. The van der Waals surface area contributed by atoms with E-state index in [-0.39, 0.29) is 5.54 Å². The number of hydrogen-bond donors (Lipinski definition) is 1. The van der Waals surface area contributed by atoms with Gasteiger partial charge in [-0.1, -0.05) is 0 Å². The SMILES string of the molecule is CSCC(C)N(C)C1(CN)CCCN(C)CC1. The van der Waals surface area contributed by atoms with Crippen LogP contribution in [0.4, 0.5) is 0 Å². The van der Waals surface area contributed by atoms with Crippen molar-refractivity contribution >= 4 is 11.8 Å². The lowest BCUT2D eigenvalue weighted by atomic mass is 9.88. The molecule has 0 aromatic heterocycles. The Bertz CT molecular complexity index is 225. The van der Waals surface area contributed by atoms with Gasteiger partial charge in [0, 0.05) is 23.9 Å². The highest BCUT2D eigenvalue weighted by Crippen LogP contribution is 2.29. The van der Waals surface area contributed by atoms with E-state index in [4.69, 9.17) is 5.73 Å². The number of nitrogens with zero attached hydrogens (tertiary/aromatic N) is 2. The lowest BCUT2D eigenvalue weighted by Crippen LogP contribution is -2.56. The predicted molar refractivity (Wildman–Crippen MR) is 78.7 cm³/mol. The molecule has 0 spiro atoms. The van der Waals surface area contributed by atoms with Crippen molar-refractivity contribution in [1.82, 2.24) is 9.80 Å². The summed E-state index contributed by atoms with van der Waals surface area (Å²) in [5.74, 6) is 1.19. The van der Waals surface area contributed by atoms with Crippen molar-refractivity contribution in [3.05, 3.63) is 0 Å². The zero-order chi connectivity index (χ0) is 12.9. The summed E-state index contributed by atoms with van der Waals surface area (Å²) in [5.41, 5.74) is 6.34. The molecule has 0 saturated carbocycles. The van der Waals surface area contributed by atoms with E-state index in [1.165, 1.54) is 38.1 Å². The van der Waals surface area contributed by atoms with Crippen LogP contribution in [0.3, 0.4) is 0 Å². The van der Waals surface area contributed by atoms with E-state index in [1.54, 1.807) is 0 Å². The third kappa shape index (κ3) is 3.85. The maximum atomic E-state index is 6.12. The molecular weight excluding hydrogens is 230 g/mol. The van der Waals surface area contributed by atoms with Gasteiger partial charge in [0.15, 0.2) is 0 Å². The van der Waals surface area contributed by atoms with Crippen molar-refractivity contribution in [3.8, 4) is 0 Å². The molecule has 0 aromatic rings. The smallest absolute Gasteiger partial charge is 0.0344 e. The van der Waals surface area contributed by atoms with E-state index in [2.05, 4.69) is 37.1 Å². The minimum atomic E-state index is 0.222. The summed E-state index contributed by atoms with van der Waals surface area (Å²) in [6.45, 7) is 5.50. The largest absolute Gasteiger partial charge is 0.329 e. The molecule has 0 aliphatic carbocycles. The Morgan fingerprint density at radius 1 is 1.41 bits per heavy atom. The molecule has 2 atom stereocenters. The highest BCUT2D eigenvalue weighted by molar-refractivity contribution is 7.98. The monoisotopic (exact) mass is 259 g/mol. The first-order valence-electron chi connectivity index (χ1n) is 6.66. The molecule has 4 heteroatoms. The number of rotatable bonds is 5. The second-order valence-corrected chi connectivity index (χ2v) is 6.41. The summed E-state index contributed by atoms with van der Waals surface area (Å²) in [6, 6.07) is 0.608. The second kappa shape index (κ2) is 6.98. The van der Waals surface area contributed by atoms with Gasteiger partial charge in [0.05, 0.1) is 0 Å². The van der Waals surface area contributed by atoms with Crippen LogP contribution >= 0.6 is 11.8 Å². The molecule has 0 radical (unpaired) electrons. The number of thioether (sulfide) groups is 1. The van der Waals surface area contributed by atoms with Crippen LogP contribution in [0.5, 0.6) is 0 Å². The fourth-order valence-electron chi connectivity index (χ4n) is 2.84. The molecule has 1 fully saturated rings. The van der Waals surface area contributed by atoms with Gasteiger partial charge in [0.25, 0.3) is 0 Å². The third-order valence-corrected chi connectivity index (χ3v) is 5.15. The highest BCUT2D eigenvalue weighted by Gasteiger charge is 2.36. The van der Waals surface area contributed by atoms with Crippen LogP contribution in [0.2, 0.25) is 0 Å². The molecule has 102 valence electrons. The van der Waals surface area contributed by atoms with E-state index >= 15 is 0 Å². The van der Waals surface area contributed by atoms with Crippen molar-refractivity contribution in [2.24, 2.45) is 5.73 Å². The fraction of sp³-hybridized carbons (Fsp3) is 1.00. The van der Waals surface area contributed by atoms with Crippen LogP contribution in [0.25, 0.3) is 0 Å².